The Balaban J connectivity index is 1.46. The Morgan fingerprint density at radius 1 is 1.20 bits per heavy atom. The van der Waals surface area contributed by atoms with Crippen molar-refractivity contribution in [3.63, 3.8) is 0 Å². The Kier molecular flexibility index (Phi) is 5.85. The van der Waals surface area contributed by atoms with Crippen LogP contribution in [-0.4, -0.2) is 32.5 Å². The second-order valence-corrected chi connectivity index (χ2v) is 6.96. The Morgan fingerprint density at radius 3 is 2.76 bits per heavy atom. The number of benzene rings is 1. The highest BCUT2D eigenvalue weighted by molar-refractivity contribution is 8.00. The van der Waals surface area contributed by atoms with Crippen LogP contribution in [0.1, 0.15) is 12.5 Å². The SMILES string of the molecule is CC(Sc1ccccn1)C(=O)NCCc1cnn(-c2ccccc2)c1. The highest BCUT2D eigenvalue weighted by atomic mass is 32.2. The number of nitrogens with zero attached hydrogens (tertiary/aromatic N) is 3. The van der Waals surface area contributed by atoms with E-state index < -0.39 is 0 Å². The topological polar surface area (TPSA) is 59.8 Å². The van der Waals surface area contributed by atoms with Gasteiger partial charge >= 0.3 is 0 Å². The second-order valence-electron chi connectivity index (χ2n) is 5.60. The van der Waals surface area contributed by atoms with E-state index in [1.165, 1.54) is 11.8 Å². The summed E-state index contributed by atoms with van der Waals surface area (Å²) in [6.07, 6.45) is 6.32. The maximum absolute atomic E-state index is 12.2. The summed E-state index contributed by atoms with van der Waals surface area (Å²) < 4.78 is 1.84. The van der Waals surface area contributed by atoms with Crippen LogP contribution in [0.4, 0.5) is 0 Å². The van der Waals surface area contributed by atoms with Gasteiger partial charge in [0.15, 0.2) is 0 Å². The molecule has 0 aliphatic rings. The molecule has 0 bridgehead atoms. The van der Waals surface area contributed by atoms with Crippen molar-refractivity contribution in [2.45, 2.75) is 23.6 Å². The third kappa shape index (κ3) is 4.93. The van der Waals surface area contributed by atoms with Crippen LogP contribution in [0.15, 0.2) is 72.1 Å². The van der Waals surface area contributed by atoms with Gasteiger partial charge in [-0.1, -0.05) is 36.0 Å². The number of carbonyl (C=O) groups is 1. The second kappa shape index (κ2) is 8.48. The molecule has 5 nitrogen and oxygen atoms in total. The summed E-state index contributed by atoms with van der Waals surface area (Å²) in [5.74, 6) is 0.0195. The lowest BCUT2D eigenvalue weighted by Crippen LogP contribution is -2.32. The van der Waals surface area contributed by atoms with Crippen LogP contribution < -0.4 is 5.32 Å². The first kappa shape index (κ1) is 17.2. The molecule has 1 atom stereocenters. The fourth-order valence-corrected chi connectivity index (χ4v) is 3.17. The highest BCUT2D eigenvalue weighted by Gasteiger charge is 2.14. The summed E-state index contributed by atoms with van der Waals surface area (Å²) in [5.41, 5.74) is 2.12. The number of pyridine rings is 1. The van der Waals surface area contributed by atoms with Gasteiger partial charge in [-0.25, -0.2) is 9.67 Å². The zero-order valence-electron chi connectivity index (χ0n) is 14.0. The van der Waals surface area contributed by atoms with E-state index in [1.54, 1.807) is 6.20 Å². The highest BCUT2D eigenvalue weighted by Crippen LogP contribution is 2.20. The average molecular weight is 352 g/mol. The molecule has 0 saturated heterocycles. The summed E-state index contributed by atoms with van der Waals surface area (Å²) in [4.78, 5) is 16.4. The van der Waals surface area contributed by atoms with Gasteiger partial charge in [-0.05, 0) is 43.2 Å². The minimum absolute atomic E-state index is 0.0195. The summed E-state index contributed by atoms with van der Waals surface area (Å²) in [5, 5.41) is 8.02. The van der Waals surface area contributed by atoms with E-state index in [0.29, 0.717) is 6.54 Å². The van der Waals surface area contributed by atoms with Crippen LogP contribution in [0.25, 0.3) is 5.69 Å². The molecule has 6 heteroatoms. The molecule has 0 spiro atoms. The molecule has 1 amide bonds. The summed E-state index contributed by atoms with van der Waals surface area (Å²) in [6, 6.07) is 15.7. The number of aromatic nitrogens is 3. The molecule has 0 fully saturated rings. The fourth-order valence-electron chi connectivity index (χ4n) is 2.34. The van der Waals surface area contributed by atoms with Crippen molar-refractivity contribution in [2.24, 2.45) is 0 Å². The van der Waals surface area contributed by atoms with Crippen molar-refractivity contribution in [3.8, 4) is 5.69 Å². The third-order valence-electron chi connectivity index (χ3n) is 3.67. The van der Waals surface area contributed by atoms with Crippen LogP contribution in [0.3, 0.4) is 0 Å². The van der Waals surface area contributed by atoms with Crippen LogP contribution >= 0.6 is 11.8 Å². The lowest BCUT2D eigenvalue weighted by atomic mass is 10.2. The Morgan fingerprint density at radius 2 is 2.00 bits per heavy atom. The quantitative estimate of drug-likeness (QED) is 0.664. The van der Waals surface area contributed by atoms with Gasteiger partial charge in [-0.3, -0.25) is 4.79 Å². The van der Waals surface area contributed by atoms with E-state index in [-0.39, 0.29) is 11.2 Å². The van der Waals surface area contributed by atoms with Crippen LogP contribution in [0, 0.1) is 0 Å². The van der Waals surface area contributed by atoms with E-state index in [0.717, 1.165) is 22.7 Å². The molecule has 128 valence electrons. The molecule has 25 heavy (non-hydrogen) atoms. The predicted molar refractivity (Wildman–Crippen MR) is 99.8 cm³/mol. The molecule has 2 aromatic heterocycles. The molecule has 0 aliphatic heterocycles. The molecule has 0 aliphatic carbocycles. The van der Waals surface area contributed by atoms with E-state index in [9.17, 15) is 4.79 Å². The van der Waals surface area contributed by atoms with Crippen molar-refractivity contribution in [3.05, 3.63) is 72.7 Å². The van der Waals surface area contributed by atoms with E-state index >= 15 is 0 Å². The van der Waals surface area contributed by atoms with Crippen LogP contribution in [0.2, 0.25) is 0 Å². The number of hydrogen-bond acceptors (Lipinski definition) is 4. The number of carbonyl (C=O) groups excluding carboxylic acids is 1. The Bertz CT molecular complexity index is 805. The van der Waals surface area contributed by atoms with Crippen LogP contribution in [-0.2, 0) is 11.2 Å². The molecule has 0 saturated carbocycles. The van der Waals surface area contributed by atoms with Gasteiger partial charge in [-0.15, -0.1) is 0 Å². The maximum atomic E-state index is 12.2. The fraction of sp³-hybridized carbons (Fsp3) is 0.211. The van der Waals surface area contributed by atoms with Gasteiger partial charge in [0.05, 0.1) is 22.2 Å². The largest absolute Gasteiger partial charge is 0.355 e. The van der Waals surface area contributed by atoms with Crippen molar-refractivity contribution < 1.29 is 4.79 Å². The number of nitrogens with one attached hydrogen (secondary N) is 1. The van der Waals surface area contributed by atoms with Gasteiger partial charge in [-0.2, -0.15) is 5.10 Å². The predicted octanol–water partition coefficient (Wildman–Crippen LogP) is 3.11. The number of thioether (sulfide) groups is 1. The number of hydrogen-bond donors (Lipinski definition) is 1. The zero-order valence-corrected chi connectivity index (χ0v) is 14.8. The lowest BCUT2D eigenvalue weighted by molar-refractivity contribution is -0.120. The molecule has 0 radical (unpaired) electrons. The molecular weight excluding hydrogens is 332 g/mol. The average Bonchev–Trinajstić information content (AvgIpc) is 3.12. The van der Waals surface area contributed by atoms with Crippen molar-refractivity contribution in [2.75, 3.05) is 6.54 Å². The van der Waals surface area contributed by atoms with E-state index in [4.69, 9.17) is 0 Å². The first-order valence-electron chi connectivity index (χ1n) is 8.17. The first-order chi connectivity index (χ1) is 12.2. The molecule has 2 heterocycles. The van der Waals surface area contributed by atoms with E-state index in [2.05, 4.69) is 15.4 Å². The standard InChI is InChI=1S/C19H20N4OS/c1-15(25-18-9-5-6-11-20-18)19(24)21-12-10-16-13-22-23(14-16)17-7-3-2-4-8-17/h2-9,11,13-15H,10,12H2,1H3,(H,21,24). The minimum Gasteiger partial charge on any atom is -0.355 e. The summed E-state index contributed by atoms with van der Waals surface area (Å²) >= 11 is 1.46. The first-order valence-corrected chi connectivity index (χ1v) is 9.05. The monoisotopic (exact) mass is 352 g/mol. The lowest BCUT2D eigenvalue weighted by Gasteiger charge is -2.11. The smallest absolute Gasteiger partial charge is 0.233 e. The molecule has 1 unspecified atom stereocenters. The van der Waals surface area contributed by atoms with Gasteiger partial charge in [0.25, 0.3) is 0 Å². The molecule has 1 aromatic carbocycles. The van der Waals surface area contributed by atoms with Gasteiger partial charge in [0.1, 0.15) is 0 Å². The van der Waals surface area contributed by atoms with Crippen molar-refractivity contribution in [1.82, 2.24) is 20.1 Å². The Hall–Kier alpha value is -2.60. The maximum Gasteiger partial charge on any atom is 0.233 e. The van der Waals surface area contributed by atoms with Gasteiger partial charge in [0.2, 0.25) is 5.91 Å². The third-order valence-corrected chi connectivity index (χ3v) is 4.72. The van der Waals surface area contributed by atoms with Crippen LogP contribution in [0.5, 0.6) is 0 Å². The van der Waals surface area contributed by atoms with Crippen molar-refractivity contribution >= 4 is 17.7 Å². The van der Waals surface area contributed by atoms with Gasteiger partial charge in [0, 0.05) is 18.9 Å². The Labute approximate surface area is 151 Å². The van der Waals surface area contributed by atoms with E-state index in [1.807, 2.05) is 72.5 Å². The molecular formula is C19H20N4OS. The zero-order chi connectivity index (χ0) is 17.5. The molecule has 1 N–H and O–H groups in total. The number of amides is 1. The normalized spacial score (nSPS) is 11.9. The number of para-hydroxylation sites is 1. The van der Waals surface area contributed by atoms with Gasteiger partial charge < -0.3 is 5.32 Å². The minimum atomic E-state index is -0.179. The summed E-state index contributed by atoms with van der Waals surface area (Å²) in [7, 11) is 0. The van der Waals surface area contributed by atoms with Crippen molar-refractivity contribution in [1.29, 1.82) is 0 Å². The summed E-state index contributed by atoms with van der Waals surface area (Å²) in [6.45, 7) is 2.48. The molecule has 3 aromatic rings. The molecule has 3 rings (SSSR count). The number of rotatable bonds is 7.